The van der Waals surface area contributed by atoms with Crippen LogP contribution in [0.25, 0.3) is 0 Å². The number of carbonyl (C=O) groups excluding carboxylic acids is 1. The molecule has 0 aromatic rings. The first-order valence-electron chi connectivity index (χ1n) is 5.48. The zero-order valence-corrected chi connectivity index (χ0v) is 9.40. The average Bonchev–Trinajstić information content (AvgIpc) is 2.65. The first-order chi connectivity index (χ1) is 7.20. The predicted octanol–water partition coefficient (Wildman–Crippen LogP) is 1.17. The van der Waals surface area contributed by atoms with Gasteiger partial charge >= 0.3 is 0 Å². The Hall–Kier alpha value is -1.08. The molecule has 0 radical (unpaired) electrons. The third-order valence-electron chi connectivity index (χ3n) is 2.82. The van der Waals surface area contributed by atoms with Crippen LogP contribution >= 0.6 is 0 Å². The van der Waals surface area contributed by atoms with Crippen molar-refractivity contribution in [3.05, 3.63) is 0 Å². The first kappa shape index (κ1) is 12.0. The summed E-state index contributed by atoms with van der Waals surface area (Å²) in [5, 5.41) is 8.49. The Morgan fingerprint density at radius 2 is 2.40 bits per heavy atom. The molecule has 0 aromatic carbocycles. The van der Waals surface area contributed by atoms with Crippen molar-refractivity contribution < 1.29 is 9.53 Å². The van der Waals surface area contributed by atoms with Crippen molar-refractivity contribution >= 4 is 5.91 Å². The second-order valence-electron chi connectivity index (χ2n) is 3.88. The highest BCUT2D eigenvalue weighted by molar-refractivity contribution is 5.81. The second-order valence-corrected chi connectivity index (χ2v) is 3.88. The Bertz CT molecular complexity index is 260. The molecular weight excluding hydrogens is 192 g/mol. The zero-order chi connectivity index (χ0) is 11.3. The summed E-state index contributed by atoms with van der Waals surface area (Å²) in [4.78, 5) is 13.7. The summed E-state index contributed by atoms with van der Waals surface area (Å²) in [7, 11) is 0. The Balaban J connectivity index is 2.52. The Morgan fingerprint density at radius 3 is 2.87 bits per heavy atom. The number of hydrogen-bond acceptors (Lipinski definition) is 3. The number of nitrogens with zero attached hydrogens (tertiary/aromatic N) is 2. The van der Waals surface area contributed by atoms with Crippen molar-refractivity contribution in [3.8, 4) is 6.07 Å². The van der Waals surface area contributed by atoms with E-state index in [-0.39, 0.29) is 12.0 Å². The van der Waals surface area contributed by atoms with Gasteiger partial charge < -0.3 is 9.64 Å². The van der Waals surface area contributed by atoms with Gasteiger partial charge in [-0.15, -0.1) is 0 Å². The third kappa shape index (κ3) is 2.93. The molecule has 1 heterocycles. The maximum Gasteiger partial charge on any atom is 0.251 e. The van der Waals surface area contributed by atoms with E-state index in [9.17, 15) is 4.79 Å². The molecule has 0 bridgehead atoms. The van der Waals surface area contributed by atoms with Gasteiger partial charge in [0.15, 0.2) is 0 Å². The van der Waals surface area contributed by atoms with E-state index < -0.39 is 0 Å². The van der Waals surface area contributed by atoms with Gasteiger partial charge in [0.2, 0.25) is 0 Å². The van der Waals surface area contributed by atoms with Crippen LogP contribution in [-0.2, 0) is 9.53 Å². The van der Waals surface area contributed by atoms with Crippen LogP contribution in [0, 0.1) is 17.2 Å². The highest BCUT2D eigenvalue weighted by Gasteiger charge is 2.33. The number of nitriles is 1. The molecule has 4 nitrogen and oxygen atoms in total. The molecule has 1 saturated heterocycles. The van der Waals surface area contributed by atoms with Crippen LogP contribution in [0.15, 0.2) is 0 Å². The van der Waals surface area contributed by atoms with Crippen molar-refractivity contribution in [2.75, 3.05) is 19.7 Å². The fourth-order valence-corrected chi connectivity index (χ4v) is 1.80. The Labute approximate surface area is 90.8 Å². The minimum absolute atomic E-state index is 0.0396. The van der Waals surface area contributed by atoms with Crippen molar-refractivity contribution in [1.82, 2.24) is 4.90 Å². The standard InChI is InChI=1S/C11H18N2O2/c1-3-13(7-4-6-12)11(14)10-9(2)5-8-15-10/h9-10H,3-5,7-8H2,1-2H3. The molecule has 2 atom stereocenters. The summed E-state index contributed by atoms with van der Waals surface area (Å²) in [6.07, 6.45) is 1.05. The fraction of sp³-hybridized carbons (Fsp3) is 0.818. The predicted molar refractivity (Wildman–Crippen MR) is 56.0 cm³/mol. The lowest BCUT2D eigenvalue weighted by Gasteiger charge is -2.24. The molecule has 0 saturated carbocycles. The van der Waals surface area contributed by atoms with Gasteiger partial charge in [-0.2, -0.15) is 5.26 Å². The lowest BCUT2D eigenvalue weighted by molar-refractivity contribution is -0.142. The third-order valence-corrected chi connectivity index (χ3v) is 2.82. The van der Waals surface area contributed by atoms with Crippen molar-refractivity contribution in [2.45, 2.75) is 32.8 Å². The van der Waals surface area contributed by atoms with E-state index in [0.29, 0.717) is 32.0 Å². The quantitative estimate of drug-likeness (QED) is 0.700. The molecule has 1 amide bonds. The fourth-order valence-electron chi connectivity index (χ4n) is 1.80. The molecule has 0 N–H and O–H groups in total. The number of carbonyl (C=O) groups is 1. The van der Waals surface area contributed by atoms with Crippen LogP contribution in [0.2, 0.25) is 0 Å². The van der Waals surface area contributed by atoms with Gasteiger partial charge in [-0.25, -0.2) is 0 Å². The van der Waals surface area contributed by atoms with Gasteiger partial charge in [-0.05, 0) is 19.3 Å². The molecule has 1 fully saturated rings. The molecule has 0 aromatic heterocycles. The Morgan fingerprint density at radius 1 is 1.67 bits per heavy atom. The molecule has 84 valence electrons. The summed E-state index contributed by atoms with van der Waals surface area (Å²) >= 11 is 0. The van der Waals surface area contributed by atoms with E-state index in [1.807, 2.05) is 13.8 Å². The Kier molecular flexibility index (Phi) is 4.57. The molecule has 2 unspecified atom stereocenters. The summed E-state index contributed by atoms with van der Waals surface area (Å²) in [6.45, 7) is 5.79. The summed E-state index contributed by atoms with van der Waals surface area (Å²) < 4.78 is 5.42. The molecule has 4 heteroatoms. The van der Waals surface area contributed by atoms with Crippen LogP contribution in [0.5, 0.6) is 0 Å². The van der Waals surface area contributed by atoms with E-state index >= 15 is 0 Å². The summed E-state index contributed by atoms with van der Waals surface area (Å²) in [6, 6.07) is 2.05. The molecule has 15 heavy (non-hydrogen) atoms. The SMILES string of the molecule is CCN(CCC#N)C(=O)C1OCCC1C. The van der Waals surface area contributed by atoms with E-state index in [4.69, 9.17) is 10.00 Å². The number of amides is 1. The van der Waals surface area contributed by atoms with Crippen LogP contribution in [-0.4, -0.2) is 36.6 Å². The van der Waals surface area contributed by atoms with Gasteiger partial charge in [-0.1, -0.05) is 6.92 Å². The van der Waals surface area contributed by atoms with Crippen LogP contribution in [0.4, 0.5) is 0 Å². The molecule has 1 aliphatic rings. The maximum absolute atomic E-state index is 12.0. The normalized spacial score (nSPS) is 24.9. The minimum Gasteiger partial charge on any atom is -0.368 e. The molecule has 1 aliphatic heterocycles. The minimum atomic E-state index is -0.288. The van der Waals surface area contributed by atoms with E-state index in [1.165, 1.54) is 0 Å². The van der Waals surface area contributed by atoms with Gasteiger partial charge in [0.25, 0.3) is 5.91 Å². The first-order valence-corrected chi connectivity index (χ1v) is 5.48. The monoisotopic (exact) mass is 210 g/mol. The summed E-state index contributed by atoms with van der Waals surface area (Å²) in [5.74, 6) is 0.339. The van der Waals surface area contributed by atoms with Crippen molar-refractivity contribution in [1.29, 1.82) is 5.26 Å². The van der Waals surface area contributed by atoms with Gasteiger partial charge in [0.1, 0.15) is 6.10 Å². The smallest absolute Gasteiger partial charge is 0.251 e. The van der Waals surface area contributed by atoms with E-state index in [1.54, 1.807) is 4.90 Å². The maximum atomic E-state index is 12.0. The van der Waals surface area contributed by atoms with E-state index in [2.05, 4.69) is 6.07 Å². The highest BCUT2D eigenvalue weighted by Crippen LogP contribution is 2.21. The van der Waals surface area contributed by atoms with Crippen molar-refractivity contribution in [2.24, 2.45) is 5.92 Å². The topological polar surface area (TPSA) is 53.3 Å². The largest absolute Gasteiger partial charge is 0.368 e. The number of hydrogen-bond donors (Lipinski definition) is 0. The van der Waals surface area contributed by atoms with Crippen LogP contribution in [0.3, 0.4) is 0 Å². The molecule has 1 rings (SSSR count). The lowest BCUT2D eigenvalue weighted by atomic mass is 10.0. The van der Waals surface area contributed by atoms with E-state index in [0.717, 1.165) is 6.42 Å². The average molecular weight is 210 g/mol. The molecular formula is C11H18N2O2. The number of likely N-dealkylation sites (N-methyl/N-ethyl adjacent to an activating group) is 1. The zero-order valence-electron chi connectivity index (χ0n) is 9.40. The highest BCUT2D eigenvalue weighted by atomic mass is 16.5. The molecule has 0 spiro atoms. The van der Waals surface area contributed by atoms with Gasteiger partial charge in [0.05, 0.1) is 12.5 Å². The number of ether oxygens (including phenoxy) is 1. The lowest BCUT2D eigenvalue weighted by Crippen LogP contribution is -2.41. The number of rotatable bonds is 4. The molecule has 0 aliphatic carbocycles. The van der Waals surface area contributed by atoms with Gasteiger partial charge in [-0.3, -0.25) is 4.79 Å². The van der Waals surface area contributed by atoms with Crippen molar-refractivity contribution in [3.63, 3.8) is 0 Å². The summed E-state index contributed by atoms with van der Waals surface area (Å²) in [5.41, 5.74) is 0. The van der Waals surface area contributed by atoms with Crippen LogP contribution < -0.4 is 0 Å². The van der Waals surface area contributed by atoms with Crippen LogP contribution in [0.1, 0.15) is 26.7 Å². The van der Waals surface area contributed by atoms with Gasteiger partial charge in [0, 0.05) is 19.7 Å². The second kappa shape index (κ2) is 5.72.